The van der Waals surface area contributed by atoms with Crippen molar-refractivity contribution in [3.8, 4) is 0 Å². The third-order valence-corrected chi connectivity index (χ3v) is 5.90. The molecule has 1 saturated heterocycles. The second kappa shape index (κ2) is 9.74. The molecule has 0 bridgehead atoms. The predicted octanol–water partition coefficient (Wildman–Crippen LogP) is 3.82. The van der Waals surface area contributed by atoms with Crippen molar-refractivity contribution in [2.24, 2.45) is 0 Å². The predicted molar refractivity (Wildman–Crippen MR) is 121 cm³/mol. The first-order valence-corrected chi connectivity index (χ1v) is 10.9. The summed E-state index contributed by atoms with van der Waals surface area (Å²) in [7, 11) is 0. The number of nitrogens with one attached hydrogen (secondary N) is 1. The monoisotopic (exact) mass is 433 g/mol. The number of rotatable bonds is 7. The zero-order chi connectivity index (χ0) is 22.5. The maximum Gasteiger partial charge on any atom is 0.322 e. The first kappa shape index (κ1) is 21.7. The first-order valence-electron chi connectivity index (χ1n) is 10.9. The number of hydrogen-bond acceptors (Lipinski definition) is 5. The van der Waals surface area contributed by atoms with E-state index in [-0.39, 0.29) is 23.3 Å². The van der Waals surface area contributed by atoms with Gasteiger partial charge in [0.25, 0.3) is 5.91 Å². The van der Waals surface area contributed by atoms with Crippen LogP contribution in [-0.4, -0.2) is 57.0 Å². The summed E-state index contributed by atoms with van der Waals surface area (Å²) in [6.07, 6.45) is 1.22. The number of carbonyl (C=O) groups excluding carboxylic acids is 1. The van der Waals surface area contributed by atoms with Crippen LogP contribution in [0.4, 0.5) is 5.69 Å². The van der Waals surface area contributed by atoms with Gasteiger partial charge in [-0.05, 0) is 17.5 Å². The lowest BCUT2D eigenvalue weighted by Crippen LogP contribution is -2.50. The topological polar surface area (TPSA) is 95.4 Å². The molecule has 1 fully saturated rings. The highest BCUT2D eigenvalue weighted by atomic mass is 16.6. The van der Waals surface area contributed by atoms with Crippen LogP contribution >= 0.6 is 0 Å². The molecular weight excluding hydrogens is 406 g/mol. The fourth-order valence-corrected chi connectivity index (χ4v) is 4.36. The van der Waals surface area contributed by atoms with Gasteiger partial charge >= 0.3 is 5.69 Å². The van der Waals surface area contributed by atoms with Gasteiger partial charge in [0.2, 0.25) is 5.69 Å². The molecule has 2 aromatic carbocycles. The molecule has 1 aliphatic heterocycles. The smallest absolute Gasteiger partial charge is 0.322 e. The van der Waals surface area contributed by atoms with Crippen molar-refractivity contribution in [2.75, 3.05) is 26.2 Å². The molecular formula is C24H27N5O3. The quantitative estimate of drug-likeness (QED) is 0.451. The summed E-state index contributed by atoms with van der Waals surface area (Å²) < 4.78 is 0. The normalized spacial score (nSPS) is 14.6. The van der Waals surface area contributed by atoms with Crippen molar-refractivity contribution in [1.82, 2.24) is 20.0 Å². The molecule has 32 heavy (non-hydrogen) atoms. The molecule has 8 nitrogen and oxygen atoms in total. The van der Waals surface area contributed by atoms with Crippen molar-refractivity contribution in [1.29, 1.82) is 0 Å². The molecule has 3 aromatic rings. The minimum atomic E-state index is -0.501. The number of aryl methyl sites for hydroxylation is 1. The van der Waals surface area contributed by atoms with Crippen molar-refractivity contribution < 1.29 is 9.72 Å². The first-order chi connectivity index (χ1) is 15.6. The molecule has 8 heteroatoms. The molecule has 4 rings (SSSR count). The number of H-pyrrole nitrogens is 1. The Bertz CT molecular complexity index is 1020. The van der Waals surface area contributed by atoms with Crippen LogP contribution in [0.3, 0.4) is 0 Å². The number of benzene rings is 2. The number of carbonyl (C=O) groups is 1. The highest BCUT2D eigenvalue weighted by molar-refractivity contribution is 5.96. The molecule has 0 radical (unpaired) electrons. The van der Waals surface area contributed by atoms with Crippen LogP contribution < -0.4 is 0 Å². The van der Waals surface area contributed by atoms with E-state index in [0.717, 1.165) is 6.42 Å². The number of aromatic amines is 1. The van der Waals surface area contributed by atoms with Crippen molar-refractivity contribution >= 4 is 11.6 Å². The van der Waals surface area contributed by atoms with E-state index in [4.69, 9.17) is 0 Å². The standard InChI is InChI=1S/C24H27N5O3/c1-2-9-20-23(29(31)32)21(26-25-20)24(30)28-16-14-27(15-17-28)22(18-10-5-3-6-11-18)19-12-7-4-8-13-19/h3-8,10-13,22H,2,9,14-17H2,1H3,(H,25,26). The summed E-state index contributed by atoms with van der Waals surface area (Å²) in [6.45, 7) is 4.24. The summed E-state index contributed by atoms with van der Waals surface area (Å²) in [6, 6.07) is 20.7. The van der Waals surface area contributed by atoms with E-state index < -0.39 is 4.92 Å². The van der Waals surface area contributed by atoms with Gasteiger partial charge in [-0.15, -0.1) is 0 Å². The van der Waals surface area contributed by atoms with Gasteiger partial charge in [-0.3, -0.25) is 24.9 Å². The Kier molecular flexibility index (Phi) is 6.61. The molecule has 1 aromatic heterocycles. The molecule has 0 aliphatic carbocycles. The molecule has 0 unspecified atom stereocenters. The second-order valence-electron chi connectivity index (χ2n) is 7.96. The SMILES string of the molecule is CCCc1[nH]nc(C(=O)N2CCN(C(c3ccccc3)c3ccccc3)CC2)c1[N+](=O)[O-]. The maximum absolute atomic E-state index is 13.1. The maximum atomic E-state index is 13.1. The average Bonchev–Trinajstić information content (AvgIpc) is 3.25. The third kappa shape index (κ3) is 4.40. The highest BCUT2D eigenvalue weighted by Gasteiger charge is 2.34. The Hall–Kier alpha value is -3.52. The molecule has 1 N–H and O–H groups in total. The van der Waals surface area contributed by atoms with E-state index in [2.05, 4.69) is 39.4 Å². The average molecular weight is 434 g/mol. The van der Waals surface area contributed by atoms with Crippen LogP contribution in [0.2, 0.25) is 0 Å². The number of aromatic nitrogens is 2. The molecule has 0 spiro atoms. The molecule has 0 atom stereocenters. The lowest BCUT2D eigenvalue weighted by molar-refractivity contribution is -0.385. The van der Waals surface area contributed by atoms with Crippen molar-refractivity contribution in [3.63, 3.8) is 0 Å². The Balaban J connectivity index is 1.52. The Labute approximate surface area is 187 Å². The molecule has 0 saturated carbocycles. The number of hydrogen-bond donors (Lipinski definition) is 1. The van der Waals surface area contributed by atoms with E-state index in [1.54, 1.807) is 4.90 Å². The Morgan fingerprint density at radius 1 is 1.03 bits per heavy atom. The van der Waals surface area contributed by atoms with Gasteiger partial charge in [-0.1, -0.05) is 74.0 Å². The van der Waals surface area contributed by atoms with Gasteiger partial charge in [0.15, 0.2) is 0 Å². The summed E-state index contributed by atoms with van der Waals surface area (Å²) in [5.74, 6) is -0.383. The summed E-state index contributed by atoms with van der Waals surface area (Å²) in [5, 5.41) is 18.3. The minimum absolute atomic E-state index is 0.0884. The number of nitro groups is 1. The van der Waals surface area contributed by atoms with Crippen LogP contribution in [0, 0.1) is 10.1 Å². The van der Waals surface area contributed by atoms with E-state index in [0.29, 0.717) is 38.3 Å². The summed E-state index contributed by atoms with van der Waals surface area (Å²) in [5.41, 5.74) is 2.53. The van der Waals surface area contributed by atoms with E-state index >= 15 is 0 Å². The minimum Gasteiger partial charge on any atom is -0.334 e. The Morgan fingerprint density at radius 3 is 2.09 bits per heavy atom. The lowest BCUT2D eigenvalue weighted by Gasteiger charge is -2.39. The fraction of sp³-hybridized carbons (Fsp3) is 0.333. The molecule has 2 heterocycles. The van der Waals surface area contributed by atoms with Gasteiger partial charge < -0.3 is 4.90 Å². The number of nitrogens with zero attached hydrogens (tertiary/aromatic N) is 4. The van der Waals surface area contributed by atoms with Gasteiger partial charge in [0.05, 0.1) is 11.0 Å². The van der Waals surface area contributed by atoms with Crippen LogP contribution in [0.1, 0.15) is 46.7 Å². The van der Waals surface area contributed by atoms with E-state index in [9.17, 15) is 14.9 Å². The highest BCUT2D eigenvalue weighted by Crippen LogP contribution is 2.30. The van der Waals surface area contributed by atoms with Crippen molar-refractivity contribution in [3.05, 3.63) is 93.3 Å². The van der Waals surface area contributed by atoms with Gasteiger partial charge in [-0.25, -0.2) is 0 Å². The largest absolute Gasteiger partial charge is 0.334 e. The number of amides is 1. The summed E-state index contributed by atoms with van der Waals surface area (Å²) >= 11 is 0. The van der Waals surface area contributed by atoms with Crippen LogP contribution in [0.25, 0.3) is 0 Å². The summed E-state index contributed by atoms with van der Waals surface area (Å²) in [4.78, 5) is 28.2. The zero-order valence-corrected chi connectivity index (χ0v) is 18.1. The third-order valence-electron chi connectivity index (χ3n) is 5.90. The second-order valence-corrected chi connectivity index (χ2v) is 7.96. The van der Waals surface area contributed by atoms with Crippen molar-refractivity contribution in [2.45, 2.75) is 25.8 Å². The van der Waals surface area contributed by atoms with Gasteiger partial charge in [-0.2, -0.15) is 5.10 Å². The van der Waals surface area contributed by atoms with Crippen LogP contribution in [-0.2, 0) is 6.42 Å². The van der Waals surface area contributed by atoms with Crippen LogP contribution in [0.15, 0.2) is 60.7 Å². The van der Waals surface area contributed by atoms with Gasteiger partial charge in [0, 0.05) is 26.2 Å². The number of piperazine rings is 1. The van der Waals surface area contributed by atoms with E-state index in [1.165, 1.54) is 11.1 Å². The molecule has 1 amide bonds. The lowest BCUT2D eigenvalue weighted by atomic mass is 9.96. The molecule has 1 aliphatic rings. The van der Waals surface area contributed by atoms with E-state index in [1.807, 2.05) is 43.3 Å². The fourth-order valence-electron chi connectivity index (χ4n) is 4.36. The zero-order valence-electron chi connectivity index (χ0n) is 18.1. The van der Waals surface area contributed by atoms with Gasteiger partial charge in [0.1, 0.15) is 5.69 Å². The molecule has 166 valence electrons. The van der Waals surface area contributed by atoms with Crippen LogP contribution in [0.5, 0.6) is 0 Å². The Morgan fingerprint density at radius 2 is 1.59 bits per heavy atom.